The summed E-state index contributed by atoms with van der Waals surface area (Å²) in [5, 5.41) is 22.9. The van der Waals surface area contributed by atoms with Gasteiger partial charge in [0, 0.05) is 18.0 Å². The monoisotopic (exact) mass is 474 g/mol. The molecule has 0 bridgehead atoms. The molecule has 180 valence electrons. The highest BCUT2D eigenvalue weighted by Gasteiger charge is 2.29. The van der Waals surface area contributed by atoms with E-state index in [-0.39, 0.29) is 18.9 Å². The van der Waals surface area contributed by atoms with Gasteiger partial charge in [-0.25, -0.2) is 9.59 Å². The second-order valence-electron chi connectivity index (χ2n) is 8.29. The maximum atomic E-state index is 12.5. The van der Waals surface area contributed by atoms with Crippen LogP contribution in [0.5, 0.6) is 0 Å². The van der Waals surface area contributed by atoms with Gasteiger partial charge in [0.05, 0.1) is 6.61 Å². The summed E-state index contributed by atoms with van der Waals surface area (Å²) in [6, 6.07) is 21.9. The van der Waals surface area contributed by atoms with Crippen LogP contribution in [0.4, 0.5) is 10.5 Å². The third kappa shape index (κ3) is 5.67. The molecule has 0 saturated heterocycles. The smallest absolute Gasteiger partial charge is 0.411 e. The molecule has 8 nitrogen and oxygen atoms in total. The zero-order valence-corrected chi connectivity index (χ0v) is 18.9. The lowest BCUT2D eigenvalue weighted by atomic mass is 9.98. The predicted octanol–water partition coefficient (Wildman–Crippen LogP) is 3.54. The number of aliphatic hydroxyl groups is 1. The highest BCUT2D eigenvalue weighted by molar-refractivity contribution is 5.86. The van der Waals surface area contributed by atoms with Crippen LogP contribution in [0, 0.1) is 0 Å². The Morgan fingerprint density at radius 2 is 1.57 bits per heavy atom. The number of rotatable bonds is 9. The fourth-order valence-electron chi connectivity index (χ4n) is 4.27. The van der Waals surface area contributed by atoms with Crippen molar-refractivity contribution in [3.8, 4) is 11.1 Å². The van der Waals surface area contributed by atoms with Crippen LogP contribution in [0.3, 0.4) is 0 Å². The standard InChI is InChI=1S/C27H26N2O6/c30-15-24(26(32)33)29-25(31)13-12-17-6-5-7-18(14-17)28-27(34)35-16-23-21-10-3-1-8-19(21)20-9-2-4-11-22(20)23/h1-11,14,23-24,30H,12-13,15-16H2,(H,28,34)(H,29,31)(H,32,33)/t24-/m0/s1. The summed E-state index contributed by atoms with van der Waals surface area (Å²) in [6.45, 7) is -0.476. The number of anilines is 1. The number of amides is 2. The molecular formula is C27H26N2O6. The molecule has 4 rings (SSSR count). The molecule has 1 aliphatic rings. The Morgan fingerprint density at radius 1 is 0.914 bits per heavy atom. The van der Waals surface area contributed by atoms with Crippen LogP contribution in [0.25, 0.3) is 11.1 Å². The van der Waals surface area contributed by atoms with Crippen molar-refractivity contribution in [2.24, 2.45) is 0 Å². The van der Waals surface area contributed by atoms with Gasteiger partial charge in [0.25, 0.3) is 0 Å². The molecule has 8 heteroatoms. The molecule has 0 spiro atoms. The SMILES string of the molecule is O=C(CCc1cccc(NC(=O)OCC2c3ccccc3-c3ccccc32)c1)N[C@@H](CO)C(=O)O. The number of ether oxygens (including phenoxy) is 1. The Hall–Kier alpha value is -4.17. The van der Waals surface area contributed by atoms with Gasteiger partial charge < -0.3 is 20.3 Å². The van der Waals surface area contributed by atoms with Gasteiger partial charge in [-0.3, -0.25) is 10.1 Å². The fourth-order valence-corrected chi connectivity index (χ4v) is 4.27. The molecule has 3 aromatic rings. The summed E-state index contributed by atoms with van der Waals surface area (Å²) in [4.78, 5) is 35.4. The molecule has 0 saturated carbocycles. The zero-order chi connectivity index (χ0) is 24.8. The van der Waals surface area contributed by atoms with E-state index in [1.807, 2.05) is 24.3 Å². The third-order valence-corrected chi connectivity index (χ3v) is 5.97. The number of carboxylic acid groups (broad SMARTS) is 1. The number of benzene rings is 3. The molecular weight excluding hydrogens is 448 g/mol. The lowest BCUT2D eigenvalue weighted by Crippen LogP contribution is -2.43. The van der Waals surface area contributed by atoms with Crippen LogP contribution in [-0.2, 0) is 20.7 Å². The van der Waals surface area contributed by atoms with E-state index in [4.69, 9.17) is 14.9 Å². The van der Waals surface area contributed by atoms with Crippen LogP contribution in [0.2, 0.25) is 0 Å². The van der Waals surface area contributed by atoms with Crippen LogP contribution >= 0.6 is 0 Å². The number of hydrogen-bond donors (Lipinski definition) is 4. The van der Waals surface area contributed by atoms with E-state index in [2.05, 4.69) is 34.9 Å². The quantitative estimate of drug-likeness (QED) is 0.376. The molecule has 1 atom stereocenters. The van der Waals surface area contributed by atoms with Crippen LogP contribution in [0.15, 0.2) is 72.8 Å². The topological polar surface area (TPSA) is 125 Å². The summed E-state index contributed by atoms with van der Waals surface area (Å²) in [5.74, 6) is -1.82. The highest BCUT2D eigenvalue weighted by atomic mass is 16.5. The minimum absolute atomic E-state index is 0.0356. The lowest BCUT2D eigenvalue weighted by molar-refractivity contribution is -0.142. The van der Waals surface area contributed by atoms with Crippen molar-refractivity contribution in [1.82, 2.24) is 5.32 Å². The van der Waals surface area contributed by atoms with Gasteiger partial charge in [-0.2, -0.15) is 0 Å². The lowest BCUT2D eigenvalue weighted by Gasteiger charge is -2.15. The van der Waals surface area contributed by atoms with Gasteiger partial charge >= 0.3 is 12.1 Å². The number of aryl methyl sites for hydroxylation is 1. The van der Waals surface area contributed by atoms with Crippen molar-refractivity contribution >= 4 is 23.7 Å². The van der Waals surface area contributed by atoms with Crippen molar-refractivity contribution < 1.29 is 29.3 Å². The summed E-state index contributed by atoms with van der Waals surface area (Å²) < 4.78 is 5.57. The van der Waals surface area contributed by atoms with Gasteiger partial charge in [0.1, 0.15) is 12.6 Å². The van der Waals surface area contributed by atoms with E-state index in [0.717, 1.165) is 27.8 Å². The number of fused-ring (bicyclic) bond motifs is 3. The molecule has 35 heavy (non-hydrogen) atoms. The summed E-state index contributed by atoms with van der Waals surface area (Å²) >= 11 is 0. The number of hydrogen-bond acceptors (Lipinski definition) is 5. The molecule has 1 aliphatic carbocycles. The van der Waals surface area contributed by atoms with E-state index in [1.165, 1.54) is 0 Å². The number of carbonyl (C=O) groups excluding carboxylic acids is 2. The van der Waals surface area contributed by atoms with Crippen molar-refractivity contribution in [1.29, 1.82) is 0 Å². The molecule has 0 fully saturated rings. The van der Waals surface area contributed by atoms with Crippen molar-refractivity contribution in [3.63, 3.8) is 0 Å². The Bertz CT molecular complexity index is 1200. The van der Waals surface area contributed by atoms with Gasteiger partial charge in [-0.1, -0.05) is 60.7 Å². The fraction of sp³-hybridized carbons (Fsp3) is 0.222. The first-order chi connectivity index (χ1) is 17.0. The van der Waals surface area contributed by atoms with Crippen LogP contribution in [-0.4, -0.2) is 47.4 Å². The molecule has 0 heterocycles. The zero-order valence-electron chi connectivity index (χ0n) is 18.9. The molecule has 0 aliphatic heterocycles. The molecule has 3 aromatic carbocycles. The van der Waals surface area contributed by atoms with Gasteiger partial charge in [0.15, 0.2) is 0 Å². The number of carboxylic acids is 1. The van der Waals surface area contributed by atoms with Crippen LogP contribution in [0.1, 0.15) is 29.0 Å². The Balaban J connectivity index is 1.32. The van der Waals surface area contributed by atoms with E-state index in [9.17, 15) is 14.4 Å². The van der Waals surface area contributed by atoms with Crippen LogP contribution < -0.4 is 10.6 Å². The average molecular weight is 475 g/mol. The normalized spacial score (nSPS) is 12.8. The first-order valence-corrected chi connectivity index (χ1v) is 11.3. The minimum atomic E-state index is -1.33. The number of aliphatic carboxylic acids is 1. The van der Waals surface area contributed by atoms with Gasteiger partial charge in [0.2, 0.25) is 5.91 Å². The molecule has 4 N–H and O–H groups in total. The van der Waals surface area contributed by atoms with E-state index < -0.39 is 30.6 Å². The number of aliphatic hydroxyl groups excluding tert-OH is 1. The number of nitrogens with one attached hydrogen (secondary N) is 2. The van der Waals surface area contributed by atoms with Crippen molar-refractivity contribution in [3.05, 3.63) is 89.5 Å². The molecule has 0 unspecified atom stereocenters. The van der Waals surface area contributed by atoms with Crippen molar-refractivity contribution in [2.45, 2.75) is 24.8 Å². The van der Waals surface area contributed by atoms with Gasteiger partial charge in [-0.05, 0) is 46.4 Å². The second kappa shape index (κ2) is 10.8. The second-order valence-corrected chi connectivity index (χ2v) is 8.29. The Kier molecular flexibility index (Phi) is 7.42. The predicted molar refractivity (Wildman–Crippen MR) is 130 cm³/mol. The minimum Gasteiger partial charge on any atom is -0.480 e. The van der Waals surface area contributed by atoms with Gasteiger partial charge in [-0.15, -0.1) is 0 Å². The van der Waals surface area contributed by atoms with E-state index >= 15 is 0 Å². The van der Waals surface area contributed by atoms with E-state index in [1.54, 1.807) is 24.3 Å². The maximum Gasteiger partial charge on any atom is 0.411 e. The first kappa shape index (κ1) is 24.0. The Labute approximate surface area is 202 Å². The Morgan fingerprint density at radius 3 is 2.20 bits per heavy atom. The summed E-state index contributed by atoms with van der Waals surface area (Å²) in [7, 11) is 0. The van der Waals surface area contributed by atoms with E-state index in [0.29, 0.717) is 12.1 Å². The first-order valence-electron chi connectivity index (χ1n) is 11.3. The maximum absolute atomic E-state index is 12.5. The number of carbonyl (C=O) groups is 3. The molecule has 0 radical (unpaired) electrons. The summed E-state index contributed by atoms with van der Waals surface area (Å²) in [6.07, 6.45) is -0.198. The highest BCUT2D eigenvalue weighted by Crippen LogP contribution is 2.44. The molecule has 2 amide bonds. The summed E-state index contributed by atoms with van der Waals surface area (Å²) in [5.41, 5.74) is 5.89. The van der Waals surface area contributed by atoms with Crippen molar-refractivity contribution in [2.75, 3.05) is 18.5 Å². The third-order valence-electron chi connectivity index (χ3n) is 5.97. The largest absolute Gasteiger partial charge is 0.480 e. The molecule has 0 aromatic heterocycles. The average Bonchev–Trinajstić information content (AvgIpc) is 3.18.